The molecule has 1 atom stereocenters. The van der Waals surface area contributed by atoms with Crippen LogP contribution in [0, 0.1) is 11.8 Å². The maximum atomic E-state index is 3.64. The first-order valence-corrected chi connectivity index (χ1v) is 6.84. The van der Waals surface area contributed by atoms with E-state index in [0.717, 1.165) is 11.8 Å². The van der Waals surface area contributed by atoms with Crippen LogP contribution in [-0.4, -0.2) is 36.6 Å². The number of piperidine rings is 1. The van der Waals surface area contributed by atoms with Gasteiger partial charge < -0.3 is 10.2 Å². The number of nitrogens with one attached hydrogen (secondary N) is 1. The summed E-state index contributed by atoms with van der Waals surface area (Å²) in [5, 5.41) is 3.64. The number of hydrogen-bond acceptors (Lipinski definition) is 2. The fraction of sp³-hybridized carbons (Fsp3) is 1.00. The molecule has 0 aliphatic carbocycles. The summed E-state index contributed by atoms with van der Waals surface area (Å²) in [5.74, 6) is 1.65. The third-order valence-electron chi connectivity index (χ3n) is 3.15. The summed E-state index contributed by atoms with van der Waals surface area (Å²) in [7, 11) is 0. The van der Waals surface area contributed by atoms with E-state index in [0.29, 0.717) is 0 Å². The lowest BCUT2D eigenvalue weighted by molar-refractivity contribution is 0.152. The SMILES string of the molecule is CC(C)CN1CCCC(CNC(C)(C)C)C1. The Labute approximate surface area is 102 Å². The molecule has 2 heteroatoms. The van der Waals surface area contributed by atoms with Gasteiger partial charge in [0.05, 0.1) is 0 Å². The number of likely N-dealkylation sites (tertiary alicyclic amines) is 1. The lowest BCUT2D eigenvalue weighted by Crippen LogP contribution is -2.45. The summed E-state index contributed by atoms with van der Waals surface area (Å²) >= 11 is 0. The van der Waals surface area contributed by atoms with Crippen molar-refractivity contribution in [2.45, 2.75) is 53.0 Å². The van der Waals surface area contributed by atoms with E-state index in [9.17, 15) is 0 Å². The van der Waals surface area contributed by atoms with E-state index in [2.05, 4.69) is 44.8 Å². The molecule has 1 fully saturated rings. The van der Waals surface area contributed by atoms with Crippen molar-refractivity contribution in [1.82, 2.24) is 10.2 Å². The molecular formula is C14H30N2. The minimum atomic E-state index is 0.264. The first-order valence-electron chi connectivity index (χ1n) is 6.84. The fourth-order valence-corrected chi connectivity index (χ4v) is 2.45. The molecule has 0 aromatic carbocycles. The first kappa shape index (κ1) is 14.0. The highest BCUT2D eigenvalue weighted by molar-refractivity contribution is 4.78. The molecule has 0 saturated carbocycles. The van der Waals surface area contributed by atoms with Crippen molar-refractivity contribution in [3.8, 4) is 0 Å². The number of hydrogen-bond donors (Lipinski definition) is 1. The quantitative estimate of drug-likeness (QED) is 0.793. The normalized spacial score (nSPS) is 24.0. The summed E-state index contributed by atoms with van der Waals surface area (Å²) in [6.07, 6.45) is 2.78. The van der Waals surface area contributed by atoms with Crippen LogP contribution in [-0.2, 0) is 0 Å². The van der Waals surface area contributed by atoms with Crippen LogP contribution in [0.25, 0.3) is 0 Å². The van der Waals surface area contributed by atoms with Gasteiger partial charge in [-0.3, -0.25) is 0 Å². The van der Waals surface area contributed by atoms with Gasteiger partial charge in [0.1, 0.15) is 0 Å². The van der Waals surface area contributed by atoms with Crippen LogP contribution in [0.1, 0.15) is 47.5 Å². The Morgan fingerprint density at radius 1 is 1.31 bits per heavy atom. The van der Waals surface area contributed by atoms with Gasteiger partial charge in [0.2, 0.25) is 0 Å². The standard InChI is InChI=1S/C14H30N2/c1-12(2)10-16-8-6-7-13(11-16)9-15-14(3,4)5/h12-13,15H,6-11H2,1-5H3. The zero-order valence-electron chi connectivity index (χ0n) is 11.8. The highest BCUT2D eigenvalue weighted by Crippen LogP contribution is 2.17. The predicted molar refractivity (Wildman–Crippen MR) is 71.8 cm³/mol. The maximum Gasteiger partial charge on any atom is 0.00966 e. The van der Waals surface area contributed by atoms with Crippen LogP contribution in [0.2, 0.25) is 0 Å². The average Bonchev–Trinajstić information content (AvgIpc) is 2.13. The zero-order valence-corrected chi connectivity index (χ0v) is 11.8. The van der Waals surface area contributed by atoms with Gasteiger partial charge in [-0.2, -0.15) is 0 Å². The molecule has 1 aliphatic heterocycles. The molecule has 1 saturated heterocycles. The van der Waals surface area contributed by atoms with Gasteiger partial charge in [0.15, 0.2) is 0 Å². The molecule has 1 heterocycles. The Balaban J connectivity index is 2.27. The molecule has 1 N–H and O–H groups in total. The van der Waals surface area contributed by atoms with Crippen molar-refractivity contribution in [3.05, 3.63) is 0 Å². The van der Waals surface area contributed by atoms with Crippen LogP contribution >= 0.6 is 0 Å². The zero-order chi connectivity index (χ0) is 12.2. The van der Waals surface area contributed by atoms with Gasteiger partial charge >= 0.3 is 0 Å². The molecular weight excluding hydrogens is 196 g/mol. The van der Waals surface area contributed by atoms with E-state index in [1.54, 1.807) is 0 Å². The van der Waals surface area contributed by atoms with Crippen LogP contribution < -0.4 is 5.32 Å². The third kappa shape index (κ3) is 5.86. The second-order valence-corrected chi connectivity index (χ2v) is 6.79. The predicted octanol–water partition coefficient (Wildman–Crippen LogP) is 2.74. The van der Waals surface area contributed by atoms with E-state index in [4.69, 9.17) is 0 Å². The summed E-state index contributed by atoms with van der Waals surface area (Å²) in [6.45, 7) is 16.4. The summed E-state index contributed by atoms with van der Waals surface area (Å²) in [4.78, 5) is 2.64. The van der Waals surface area contributed by atoms with Crippen LogP contribution in [0.15, 0.2) is 0 Å². The molecule has 0 amide bonds. The highest BCUT2D eigenvalue weighted by atomic mass is 15.1. The van der Waals surface area contributed by atoms with Gasteiger partial charge in [-0.15, -0.1) is 0 Å². The summed E-state index contributed by atoms with van der Waals surface area (Å²) in [6, 6.07) is 0. The van der Waals surface area contributed by atoms with E-state index in [1.165, 1.54) is 39.0 Å². The average molecular weight is 226 g/mol. The first-order chi connectivity index (χ1) is 7.37. The van der Waals surface area contributed by atoms with Crippen molar-refractivity contribution in [1.29, 1.82) is 0 Å². The molecule has 96 valence electrons. The summed E-state index contributed by atoms with van der Waals surface area (Å²) < 4.78 is 0. The Hall–Kier alpha value is -0.0800. The lowest BCUT2D eigenvalue weighted by atomic mass is 9.96. The van der Waals surface area contributed by atoms with Crippen molar-refractivity contribution in [2.24, 2.45) is 11.8 Å². The second-order valence-electron chi connectivity index (χ2n) is 6.79. The van der Waals surface area contributed by atoms with Crippen LogP contribution in [0.5, 0.6) is 0 Å². The largest absolute Gasteiger partial charge is 0.312 e. The topological polar surface area (TPSA) is 15.3 Å². The van der Waals surface area contributed by atoms with Gasteiger partial charge in [0.25, 0.3) is 0 Å². The highest BCUT2D eigenvalue weighted by Gasteiger charge is 2.21. The minimum Gasteiger partial charge on any atom is -0.312 e. The van der Waals surface area contributed by atoms with Gasteiger partial charge in [-0.05, 0) is 58.5 Å². The van der Waals surface area contributed by atoms with Crippen LogP contribution in [0.3, 0.4) is 0 Å². The lowest BCUT2D eigenvalue weighted by Gasteiger charge is -2.35. The Morgan fingerprint density at radius 2 is 2.00 bits per heavy atom. The Morgan fingerprint density at radius 3 is 2.56 bits per heavy atom. The van der Waals surface area contributed by atoms with Crippen molar-refractivity contribution < 1.29 is 0 Å². The van der Waals surface area contributed by atoms with E-state index in [1.807, 2.05) is 0 Å². The maximum absolute atomic E-state index is 3.64. The van der Waals surface area contributed by atoms with Crippen LogP contribution in [0.4, 0.5) is 0 Å². The summed E-state index contributed by atoms with van der Waals surface area (Å²) in [5.41, 5.74) is 0.264. The van der Waals surface area contributed by atoms with Gasteiger partial charge in [0, 0.05) is 18.6 Å². The van der Waals surface area contributed by atoms with Gasteiger partial charge in [-0.25, -0.2) is 0 Å². The molecule has 0 bridgehead atoms. The molecule has 0 aromatic rings. The Bertz CT molecular complexity index is 193. The molecule has 1 aliphatic rings. The fourth-order valence-electron chi connectivity index (χ4n) is 2.45. The van der Waals surface area contributed by atoms with E-state index in [-0.39, 0.29) is 5.54 Å². The molecule has 16 heavy (non-hydrogen) atoms. The van der Waals surface area contributed by atoms with E-state index >= 15 is 0 Å². The molecule has 0 spiro atoms. The number of rotatable bonds is 4. The number of nitrogens with zero attached hydrogens (tertiary/aromatic N) is 1. The molecule has 1 unspecified atom stereocenters. The smallest absolute Gasteiger partial charge is 0.00966 e. The third-order valence-corrected chi connectivity index (χ3v) is 3.15. The monoisotopic (exact) mass is 226 g/mol. The van der Waals surface area contributed by atoms with Crippen molar-refractivity contribution in [3.63, 3.8) is 0 Å². The van der Waals surface area contributed by atoms with Crippen molar-refractivity contribution >= 4 is 0 Å². The molecule has 0 radical (unpaired) electrons. The minimum absolute atomic E-state index is 0.264. The molecule has 1 rings (SSSR count). The van der Waals surface area contributed by atoms with Crippen molar-refractivity contribution in [2.75, 3.05) is 26.2 Å². The van der Waals surface area contributed by atoms with Gasteiger partial charge in [-0.1, -0.05) is 13.8 Å². The Kier molecular flexibility index (Phi) is 5.26. The molecule has 0 aromatic heterocycles. The molecule has 2 nitrogen and oxygen atoms in total. The van der Waals surface area contributed by atoms with E-state index < -0.39 is 0 Å². The second kappa shape index (κ2) is 6.02.